The van der Waals surface area contributed by atoms with Crippen LogP contribution in [0.4, 0.5) is 4.39 Å². The van der Waals surface area contributed by atoms with E-state index in [1.165, 1.54) is 6.07 Å². The smallest absolute Gasteiger partial charge is 0.175 e. The second-order valence-corrected chi connectivity index (χ2v) is 8.32. The molecule has 0 aliphatic rings. The standard InChI is InChI=1S/C21H16FN3O2S/c1-28(26,27)17-8-6-16(7-9-17)25-14-20(18-4-2-3-5-19(18)22)24-21(25)15-10-12-23-13-11-15/h2-14H,1H3. The van der Waals surface area contributed by atoms with Crippen LogP contribution < -0.4 is 0 Å². The van der Waals surface area contributed by atoms with E-state index in [0.717, 1.165) is 11.8 Å². The molecule has 4 aromatic rings. The molecule has 0 fully saturated rings. The van der Waals surface area contributed by atoms with Gasteiger partial charge in [-0.2, -0.15) is 0 Å². The number of sulfone groups is 1. The average Bonchev–Trinajstić information content (AvgIpc) is 3.14. The van der Waals surface area contributed by atoms with Crippen molar-refractivity contribution in [3.63, 3.8) is 0 Å². The average molecular weight is 393 g/mol. The van der Waals surface area contributed by atoms with Gasteiger partial charge in [0, 0.05) is 41.7 Å². The highest BCUT2D eigenvalue weighted by Crippen LogP contribution is 2.29. The zero-order chi connectivity index (χ0) is 19.7. The van der Waals surface area contributed by atoms with Crippen molar-refractivity contribution in [2.24, 2.45) is 0 Å². The Bertz CT molecular complexity index is 1230. The van der Waals surface area contributed by atoms with Gasteiger partial charge in [0.2, 0.25) is 0 Å². The molecular formula is C21H16FN3O2S. The number of halogens is 1. The molecule has 0 saturated carbocycles. The van der Waals surface area contributed by atoms with E-state index in [1.54, 1.807) is 61.1 Å². The van der Waals surface area contributed by atoms with Crippen molar-refractivity contribution in [1.82, 2.24) is 14.5 Å². The number of hydrogen-bond donors (Lipinski definition) is 0. The lowest BCUT2D eigenvalue weighted by atomic mass is 10.1. The predicted molar refractivity (Wildman–Crippen MR) is 105 cm³/mol. The summed E-state index contributed by atoms with van der Waals surface area (Å²) >= 11 is 0. The van der Waals surface area contributed by atoms with E-state index >= 15 is 0 Å². The Morgan fingerprint density at radius 2 is 1.61 bits per heavy atom. The van der Waals surface area contributed by atoms with E-state index in [-0.39, 0.29) is 10.7 Å². The quantitative estimate of drug-likeness (QED) is 0.523. The molecule has 5 nitrogen and oxygen atoms in total. The molecule has 2 heterocycles. The first-order valence-corrected chi connectivity index (χ1v) is 10.4. The maximum atomic E-state index is 14.3. The maximum absolute atomic E-state index is 14.3. The number of hydrogen-bond acceptors (Lipinski definition) is 4. The van der Waals surface area contributed by atoms with E-state index in [0.29, 0.717) is 22.8 Å². The maximum Gasteiger partial charge on any atom is 0.175 e. The first kappa shape index (κ1) is 18.1. The fourth-order valence-electron chi connectivity index (χ4n) is 2.93. The molecular weight excluding hydrogens is 377 g/mol. The molecule has 0 aliphatic heterocycles. The number of nitrogens with zero attached hydrogens (tertiary/aromatic N) is 3. The Kier molecular flexibility index (Phi) is 4.52. The highest BCUT2D eigenvalue weighted by molar-refractivity contribution is 7.90. The minimum absolute atomic E-state index is 0.233. The van der Waals surface area contributed by atoms with Crippen molar-refractivity contribution >= 4 is 9.84 Å². The largest absolute Gasteiger partial charge is 0.299 e. The van der Waals surface area contributed by atoms with Gasteiger partial charge in [0.05, 0.1) is 10.6 Å². The van der Waals surface area contributed by atoms with Crippen LogP contribution in [0, 0.1) is 5.82 Å². The Morgan fingerprint density at radius 1 is 0.929 bits per heavy atom. The van der Waals surface area contributed by atoms with Gasteiger partial charge in [-0.3, -0.25) is 9.55 Å². The molecule has 0 bridgehead atoms. The minimum atomic E-state index is -3.29. The van der Waals surface area contributed by atoms with Crippen LogP contribution in [0.2, 0.25) is 0 Å². The van der Waals surface area contributed by atoms with Crippen molar-refractivity contribution in [2.75, 3.05) is 6.26 Å². The predicted octanol–water partition coefficient (Wildman–Crippen LogP) is 4.14. The number of rotatable bonds is 4. The molecule has 0 spiro atoms. The third kappa shape index (κ3) is 3.44. The summed E-state index contributed by atoms with van der Waals surface area (Å²) in [6, 6.07) is 16.6. The van der Waals surface area contributed by atoms with Crippen molar-refractivity contribution in [3.05, 3.63) is 85.1 Å². The van der Waals surface area contributed by atoms with Crippen molar-refractivity contribution < 1.29 is 12.8 Å². The van der Waals surface area contributed by atoms with Gasteiger partial charge < -0.3 is 0 Å². The van der Waals surface area contributed by atoms with Crippen LogP contribution in [0.25, 0.3) is 28.3 Å². The van der Waals surface area contributed by atoms with Crippen molar-refractivity contribution in [1.29, 1.82) is 0 Å². The number of pyridine rings is 1. The molecule has 28 heavy (non-hydrogen) atoms. The molecule has 7 heteroatoms. The van der Waals surface area contributed by atoms with Gasteiger partial charge in [-0.1, -0.05) is 12.1 Å². The van der Waals surface area contributed by atoms with Crippen LogP contribution in [-0.4, -0.2) is 29.2 Å². The molecule has 0 radical (unpaired) electrons. The van der Waals surface area contributed by atoms with Gasteiger partial charge in [0.1, 0.15) is 11.6 Å². The van der Waals surface area contributed by atoms with E-state index in [1.807, 2.05) is 16.7 Å². The van der Waals surface area contributed by atoms with E-state index in [9.17, 15) is 12.8 Å². The molecule has 0 N–H and O–H groups in total. The van der Waals surface area contributed by atoms with E-state index < -0.39 is 9.84 Å². The molecule has 2 aromatic heterocycles. The van der Waals surface area contributed by atoms with Gasteiger partial charge >= 0.3 is 0 Å². The van der Waals surface area contributed by atoms with Crippen LogP contribution in [0.3, 0.4) is 0 Å². The topological polar surface area (TPSA) is 64.8 Å². The van der Waals surface area contributed by atoms with E-state index in [4.69, 9.17) is 0 Å². The fourth-order valence-corrected chi connectivity index (χ4v) is 3.56. The minimum Gasteiger partial charge on any atom is -0.299 e. The SMILES string of the molecule is CS(=O)(=O)c1ccc(-n2cc(-c3ccccc3F)nc2-c2ccncc2)cc1. The summed E-state index contributed by atoms with van der Waals surface area (Å²) < 4.78 is 39.5. The van der Waals surface area contributed by atoms with Crippen molar-refractivity contribution in [3.8, 4) is 28.3 Å². The molecule has 2 aromatic carbocycles. The Morgan fingerprint density at radius 3 is 2.25 bits per heavy atom. The van der Waals surface area contributed by atoms with Gasteiger partial charge in [-0.05, 0) is 48.5 Å². The molecule has 140 valence electrons. The highest BCUT2D eigenvalue weighted by atomic mass is 32.2. The fraction of sp³-hybridized carbons (Fsp3) is 0.0476. The van der Waals surface area contributed by atoms with Crippen LogP contribution >= 0.6 is 0 Å². The van der Waals surface area contributed by atoms with Gasteiger partial charge in [0.15, 0.2) is 9.84 Å². The summed E-state index contributed by atoms with van der Waals surface area (Å²) in [5.74, 6) is 0.244. The number of imidazole rings is 1. The van der Waals surface area contributed by atoms with Crippen molar-refractivity contribution in [2.45, 2.75) is 4.90 Å². The lowest BCUT2D eigenvalue weighted by Gasteiger charge is -2.08. The van der Waals surface area contributed by atoms with Gasteiger partial charge in [-0.15, -0.1) is 0 Å². The summed E-state index contributed by atoms with van der Waals surface area (Å²) in [4.78, 5) is 8.90. The molecule has 0 unspecified atom stereocenters. The summed E-state index contributed by atoms with van der Waals surface area (Å²) in [6.07, 6.45) is 6.22. The second-order valence-electron chi connectivity index (χ2n) is 6.30. The summed E-state index contributed by atoms with van der Waals surface area (Å²) in [6.45, 7) is 0. The van der Waals surface area contributed by atoms with Gasteiger partial charge in [0.25, 0.3) is 0 Å². The van der Waals surface area contributed by atoms with Crippen LogP contribution in [0.1, 0.15) is 0 Å². The lowest BCUT2D eigenvalue weighted by Crippen LogP contribution is -1.99. The Hall–Kier alpha value is -3.32. The van der Waals surface area contributed by atoms with Gasteiger partial charge in [-0.25, -0.2) is 17.8 Å². The monoisotopic (exact) mass is 393 g/mol. The van der Waals surface area contributed by atoms with Crippen LogP contribution in [0.15, 0.2) is 84.1 Å². The molecule has 0 amide bonds. The first-order chi connectivity index (χ1) is 13.4. The Balaban J connectivity index is 1.89. The van der Waals surface area contributed by atoms with E-state index in [2.05, 4.69) is 9.97 Å². The lowest BCUT2D eigenvalue weighted by molar-refractivity contribution is 0.602. The zero-order valence-corrected chi connectivity index (χ0v) is 15.8. The third-order valence-corrected chi connectivity index (χ3v) is 5.47. The van der Waals surface area contributed by atoms with Crippen LogP contribution in [0.5, 0.6) is 0 Å². The highest BCUT2D eigenvalue weighted by Gasteiger charge is 2.16. The normalized spacial score (nSPS) is 11.5. The summed E-state index contributed by atoms with van der Waals surface area (Å²) in [5.41, 5.74) is 2.40. The summed E-state index contributed by atoms with van der Waals surface area (Å²) in [7, 11) is -3.29. The number of aromatic nitrogens is 3. The second kappa shape index (κ2) is 7.01. The molecule has 0 aliphatic carbocycles. The molecule has 4 rings (SSSR count). The molecule has 0 atom stereocenters. The molecule has 0 saturated heterocycles. The van der Waals surface area contributed by atoms with Crippen LogP contribution in [-0.2, 0) is 9.84 Å². The zero-order valence-electron chi connectivity index (χ0n) is 14.9. The summed E-state index contributed by atoms with van der Waals surface area (Å²) in [5, 5.41) is 0. The Labute approximate surface area is 162 Å². The number of benzene rings is 2. The third-order valence-electron chi connectivity index (χ3n) is 4.34. The first-order valence-electron chi connectivity index (χ1n) is 8.49.